The number of carbonyl (C=O) groups is 1. The highest BCUT2D eigenvalue weighted by Gasteiger charge is 2.64. The van der Waals surface area contributed by atoms with Crippen LogP contribution >= 0.6 is 11.3 Å². The molecule has 0 bridgehead atoms. The average molecular weight is 316 g/mol. The molecule has 3 N–H and O–H groups in total. The number of amides is 1. The van der Waals surface area contributed by atoms with Crippen molar-refractivity contribution in [3.63, 3.8) is 0 Å². The second-order valence-electron chi connectivity index (χ2n) is 6.41. The van der Waals surface area contributed by atoms with E-state index in [0.717, 1.165) is 11.3 Å². The molecule has 1 aliphatic rings. The van der Waals surface area contributed by atoms with Crippen LogP contribution in [0.4, 0.5) is 0 Å². The van der Waals surface area contributed by atoms with Gasteiger partial charge < -0.3 is 5.32 Å². The first kappa shape index (κ1) is 15.5. The summed E-state index contributed by atoms with van der Waals surface area (Å²) in [6.45, 7) is 9.35. The Kier molecular flexibility index (Phi) is 3.51. The number of sulfonamides is 1. The van der Waals surface area contributed by atoms with E-state index in [9.17, 15) is 13.2 Å². The number of nitrogens with two attached hydrogens (primary N) is 1. The summed E-state index contributed by atoms with van der Waals surface area (Å²) in [6.07, 6.45) is 0. The Labute approximate surface area is 123 Å². The summed E-state index contributed by atoms with van der Waals surface area (Å²) in [7, 11) is -3.73. The molecule has 1 saturated carbocycles. The number of thiophene rings is 1. The predicted molar refractivity (Wildman–Crippen MR) is 79.1 cm³/mol. The molecule has 112 valence electrons. The molecule has 0 aliphatic heterocycles. The van der Waals surface area contributed by atoms with Crippen molar-refractivity contribution in [3.05, 3.63) is 17.0 Å². The highest BCUT2D eigenvalue weighted by molar-refractivity contribution is 7.91. The van der Waals surface area contributed by atoms with Crippen LogP contribution in [0.25, 0.3) is 0 Å². The normalized spacial score (nSPS) is 20.6. The van der Waals surface area contributed by atoms with Gasteiger partial charge in [0, 0.05) is 11.9 Å². The Morgan fingerprint density at radius 2 is 1.90 bits per heavy atom. The van der Waals surface area contributed by atoms with Crippen LogP contribution in [0, 0.1) is 16.7 Å². The monoisotopic (exact) mass is 316 g/mol. The number of hydrogen-bond donors (Lipinski definition) is 2. The summed E-state index contributed by atoms with van der Waals surface area (Å²) in [5.41, 5.74) is 0.761. The number of rotatable bonds is 4. The van der Waals surface area contributed by atoms with E-state index in [2.05, 4.69) is 33.0 Å². The molecule has 1 aliphatic carbocycles. The van der Waals surface area contributed by atoms with Crippen LogP contribution in [-0.2, 0) is 10.0 Å². The molecule has 2 rings (SSSR count). The zero-order valence-electron chi connectivity index (χ0n) is 12.1. The SMILES string of the molecule is CC1(C)C(CNC(=O)c2csc(S(N)(=O)=O)c2)C1(C)C. The molecule has 5 nitrogen and oxygen atoms in total. The molecule has 0 spiro atoms. The molecule has 0 aromatic carbocycles. The van der Waals surface area contributed by atoms with Gasteiger partial charge in [0.05, 0.1) is 5.56 Å². The molecule has 0 unspecified atom stereocenters. The van der Waals surface area contributed by atoms with Crippen molar-refractivity contribution in [1.29, 1.82) is 0 Å². The van der Waals surface area contributed by atoms with Gasteiger partial charge in [0.15, 0.2) is 0 Å². The Balaban J connectivity index is 1.99. The smallest absolute Gasteiger partial charge is 0.252 e. The van der Waals surface area contributed by atoms with Crippen molar-refractivity contribution in [2.75, 3.05) is 6.54 Å². The highest BCUT2D eigenvalue weighted by Crippen LogP contribution is 2.67. The number of hydrogen-bond acceptors (Lipinski definition) is 4. The first-order valence-corrected chi connectivity index (χ1v) is 8.80. The fraction of sp³-hybridized carbons (Fsp3) is 0.615. The molecule has 1 fully saturated rings. The lowest BCUT2D eigenvalue weighted by Gasteiger charge is -2.04. The average Bonchev–Trinajstić information content (AvgIpc) is 2.72. The maximum absolute atomic E-state index is 12.0. The lowest BCUT2D eigenvalue weighted by molar-refractivity contribution is 0.0950. The van der Waals surface area contributed by atoms with Gasteiger partial charge >= 0.3 is 0 Å². The lowest BCUT2D eigenvalue weighted by Crippen LogP contribution is -2.26. The molecule has 20 heavy (non-hydrogen) atoms. The molecule has 1 amide bonds. The minimum Gasteiger partial charge on any atom is -0.352 e. The molecule has 7 heteroatoms. The van der Waals surface area contributed by atoms with E-state index in [1.54, 1.807) is 0 Å². The van der Waals surface area contributed by atoms with E-state index in [4.69, 9.17) is 5.14 Å². The molecule has 0 atom stereocenters. The van der Waals surface area contributed by atoms with E-state index in [1.165, 1.54) is 11.4 Å². The van der Waals surface area contributed by atoms with Crippen LogP contribution in [0.1, 0.15) is 38.1 Å². The van der Waals surface area contributed by atoms with Gasteiger partial charge in [0.2, 0.25) is 10.0 Å². The van der Waals surface area contributed by atoms with Crippen LogP contribution in [0.15, 0.2) is 15.7 Å². The molecular formula is C13H20N2O3S2. The van der Waals surface area contributed by atoms with Crippen LogP contribution in [0.3, 0.4) is 0 Å². The van der Waals surface area contributed by atoms with Crippen LogP contribution < -0.4 is 10.5 Å². The fourth-order valence-corrected chi connectivity index (χ4v) is 4.31. The molecule has 1 heterocycles. The summed E-state index contributed by atoms with van der Waals surface area (Å²) in [5, 5.41) is 9.41. The molecule has 1 aromatic rings. The van der Waals surface area contributed by atoms with Gasteiger partial charge in [0.1, 0.15) is 4.21 Å². The summed E-state index contributed by atoms with van der Waals surface area (Å²) < 4.78 is 22.4. The maximum atomic E-state index is 12.0. The highest BCUT2D eigenvalue weighted by atomic mass is 32.2. The van der Waals surface area contributed by atoms with E-state index >= 15 is 0 Å². The van der Waals surface area contributed by atoms with Gasteiger partial charge in [-0.3, -0.25) is 4.79 Å². The maximum Gasteiger partial charge on any atom is 0.252 e. The van der Waals surface area contributed by atoms with E-state index in [-0.39, 0.29) is 20.9 Å². The van der Waals surface area contributed by atoms with Gasteiger partial charge in [-0.05, 0) is 22.8 Å². The van der Waals surface area contributed by atoms with Gasteiger partial charge in [-0.25, -0.2) is 13.6 Å². The van der Waals surface area contributed by atoms with Gasteiger partial charge in [-0.1, -0.05) is 27.7 Å². The van der Waals surface area contributed by atoms with Crippen LogP contribution in [0.2, 0.25) is 0 Å². The van der Waals surface area contributed by atoms with Gasteiger partial charge in [-0.15, -0.1) is 11.3 Å². The second-order valence-corrected chi connectivity index (χ2v) is 9.10. The number of primary sulfonamides is 1. The van der Waals surface area contributed by atoms with Crippen molar-refractivity contribution in [1.82, 2.24) is 5.32 Å². The van der Waals surface area contributed by atoms with Crippen molar-refractivity contribution in [2.45, 2.75) is 31.9 Å². The van der Waals surface area contributed by atoms with Crippen molar-refractivity contribution < 1.29 is 13.2 Å². The topological polar surface area (TPSA) is 89.3 Å². The molecular weight excluding hydrogens is 296 g/mol. The van der Waals surface area contributed by atoms with E-state index in [0.29, 0.717) is 18.0 Å². The second kappa shape index (κ2) is 4.54. The third kappa shape index (κ3) is 2.49. The van der Waals surface area contributed by atoms with Gasteiger partial charge in [0.25, 0.3) is 5.91 Å². The summed E-state index contributed by atoms with van der Waals surface area (Å²) in [5.74, 6) is 0.171. The first-order valence-electron chi connectivity index (χ1n) is 6.37. The minimum absolute atomic E-state index is 0.00901. The molecule has 0 radical (unpaired) electrons. The standard InChI is InChI=1S/C13H20N2O3S2/c1-12(2)9(13(12,3)4)6-15-11(16)8-5-10(19-7-8)20(14,17)18/h5,7,9H,6H2,1-4H3,(H,15,16)(H2,14,17,18). The molecule has 1 aromatic heterocycles. The predicted octanol–water partition coefficient (Wildman–Crippen LogP) is 1.81. The summed E-state index contributed by atoms with van der Waals surface area (Å²) in [4.78, 5) is 12.0. The Hall–Kier alpha value is -0.920. The first-order chi connectivity index (χ1) is 8.98. The van der Waals surface area contributed by atoms with Gasteiger partial charge in [-0.2, -0.15) is 0 Å². The largest absolute Gasteiger partial charge is 0.352 e. The summed E-state index contributed by atoms with van der Waals surface area (Å²) >= 11 is 0.960. The van der Waals surface area contributed by atoms with Crippen molar-refractivity contribution in [3.8, 4) is 0 Å². The third-order valence-corrected chi connectivity index (χ3v) is 7.29. The van der Waals surface area contributed by atoms with E-state index in [1.807, 2.05) is 0 Å². The van der Waals surface area contributed by atoms with Crippen molar-refractivity contribution in [2.24, 2.45) is 21.9 Å². The molecule has 0 saturated heterocycles. The lowest BCUT2D eigenvalue weighted by atomic mass is 10.0. The number of nitrogens with one attached hydrogen (secondary N) is 1. The Bertz CT molecular complexity index is 630. The van der Waals surface area contributed by atoms with Crippen LogP contribution in [0.5, 0.6) is 0 Å². The van der Waals surface area contributed by atoms with E-state index < -0.39 is 10.0 Å². The third-order valence-electron chi connectivity index (χ3n) is 4.90. The minimum atomic E-state index is -3.73. The Morgan fingerprint density at radius 1 is 1.35 bits per heavy atom. The Morgan fingerprint density at radius 3 is 2.30 bits per heavy atom. The quantitative estimate of drug-likeness (QED) is 0.887. The summed E-state index contributed by atoms with van der Waals surface area (Å²) in [6, 6.07) is 1.32. The van der Waals surface area contributed by atoms with Crippen LogP contribution in [-0.4, -0.2) is 20.9 Å². The number of carbonyl (C=O) groups excluding carboxylic acids is 1. The van der Waals surface area contributed by atoms with Crippen molar-refractivity contribution >= 4 is 27.3 Å². The zero-order chi connectivity index (χ0) is 15.3. The fourth-order valence-electron chi connectivity index (χ4n) is 2.73. The zero-order valence-corrected chi connectivity index (χ0v) is 13.7.